The Kier molecular flexibility index (Phi) is 8.92. The molecule has 1 saturated heterocycles. The number of hydrogen-bond donors (Lipinski definition) is 3. The SMILES string of the molecule is CCCCCNC(=NC)NCC1(NC(C)c2ccccc2)CCOCC1. The number of benzene rings is 1. The van der Waals surface area contributed by atoms with Crippen molar-refractivity contribution in [2.45, 2.75) is 57.5 Å². The summed E-state index contributed by atoms with van der Waals surface area (Å²) in [6, 6.07) is 10.9. The summed E-state index contributed by atoms with van der Waals surface area (Å²) in [6.07, 6.45) is 5.67. The lowest BCUT2D eigenvalue weighted by molar-refractivity contribution is 0.0355. The van der Waals surface area contributed by atoms with Crippen LogP contribution in [0.5, 0.6) is 0 Å². The second kappa shape index (κ2) is 11.2. The summed E-state index contributed by atoms with van der Waals surface area (Å²) in [6.45, 7) is 7.89. The van der Waals surface area contributed by atoms with E-state index in [-0.39, 0.29) is 5.54 Å². The maximum Gasteiger partial charge on any atom is 0.191 e. The highest BCUT2D eigenvalue weighted by Crippen LogP contribution is 2.25. The Balaban J connectivity index is 1.93. The van der Waals surface area contributed by atoms with Gasteiger partial charge in [-0.25, -0.2) is 0 Å². The molecule has 1 heterocycles. The van der Waals surface area contributed by atoms with E-state index in [4.69, 9.17) is 4.74 Å². The largest absolute Gasteiger partial charge is 0.381 e. The Morgan fingerprint density at radius 1 is 1.15 bits per heavy atom. The van der Waals surface area contributed by atoms with Crippen LogP contribution >= 0.6 is 0 Å². The maximum atomic E-state index is 5.62. The van der Waals surface area contributed by atoms with Gasteiger partial charge in [0.05, 0.1) is 0 Å². The first-order valence-electron chi connectivity index (χ1n) is 10.0. The van der Waals surface area contributed by atoms with Gasteiger partial charge in [-0.15, -0.1) is 0 Å². The third-order valence-electron chi connectivity index (χ3n) is 5.16. The summed E-state index contributed by atoms with van der Waals surface area (Å²) in [4.78, 5) is 4.37. The van der Waals surface area contributed by atoms with Crippen LogP contribution in [-0.2, 0) is 4.74 Å². The lowest BCUT2D eigenvalue weighted by Gasteiger charge is -2.41. The van der Waals surface area contributed by atoms with Crippen molar-refractivity contribution in [3.63, 3.8) is 0 Å². The molecule has 0 saturated carbocycles. The summed E-state index contributed by atoms with van der Waals surface area (Å²) >= 11 is 0. The zero-order valence-corrected chi connectivity index (χ0v) is 16.7. The fraction of sp³-hybridized carbons (Fsp3) is 0.667. The van der Waals surface area contributed by atoms with E-state index in [0.29, 0.717) is 6.04 Å². The molecule has 5 nitrogen and oxygen atoms in total. The fourth-order valence-corrected chi connectivity index (χ4v) is 3.47. The first-order chi connectivity index (χ1) is 12.7. The van der Waals surface area contributed by atoms with E-state index in [9.17, 15) is 0 Å². The van der Waals surface area contributed by atoms with Crippen molar-refractivity contribution in [1.29, 1.82) is 0 Å². The number of hydrogen-bond acceptors (Lipinski definition) is 3. The topological polar surface area (TPSA) is 57.7 Å². The van der Waals surface area contributed by atoms with Gasteiger partial charge in [-0.05, 0) is 31.7 Å². The van der Waals surface area contributed by atoms with Crippen molar-refractivity contribution >= 4 is 5.96 Å². The van der Waals surface area contributed by atoms with Crippen LogP contribution in [0.2, 0.25) is 0 Å². The molecule has 1 aliphatic heterocycles. The molecule has 26 heavy (non-hydrogen) atoms. The molecule has 0 aromatic heterocycles. The Morgan fingerprint density at radius 2 is 1.88 bits per heavy atom. The monoisotopic (exact) mass is 360 g/mol. The van der Waals surface area contributed by atoms with Crippen LogP contribution in [-0.4, -0.2) is 44.8 Å². The van der Waals surface area contributed by atoms with Crippen molar-refractivity contribution < 1.29 is 4.74 Å². The predicted octanol–water partition coefficient (Wildman–Crippen LogP) is 3.24. The van der Waals surface area contributed by atoms with Gasteiger partial charge in [0.15, 0.2) is 5.96 Å². The molecule has 2 rings (SSSR count). The molecule has 1 fully saturated rings. The Hall–Kier alpha value is -1.59. The zero-order valence-electron chi connectivity index (χ0n) is 16.7. The number of guanidine groups is 1. The lowest BCUT2D eigenvalue weighted by Crippen LogP contribution is -2.58. The van der Waals surface area contributed by atoms with E-state index in [1.807, 2.05) is 7.05 Å². The molecular formula is C21H36N4O. The number of nitrogens with zero attached hydrogens (tertiary/aromatic N) is 1. The molecule has 146 valence electrons. The fourth-order valence-electron chi connectivity index (χ4n) is 3.47. The highest BCUT2D eigenvalue weighted by molar-refractivity contribution is 5.79. The smallest absolute Gasteiger partial charge is 0.191 e. The number of aliphatic imine (C=N–C) groups is 1. The van der Waals surface area contributed by atoms with Gasteiger partial charge in [0.1, 0.15) is 0 Å². The first kappa shape index (κ1) is 20.7. The minimum Gasteiger partial charge on any atom is -0.381 e. The summed E-state index contributed by atoms with van der Waals surface area (Å²) in [5.74, 6) is 0.890. The van der Waals surface area contributed by atoms with E-state index >= 15 is 0 Å². The van der Waals surface area contributed by atoms with Crippen molar-refractivity contribution in [2.24, 2.45) is 4.99 Å². The van der Waals surface area contributed by atoms with Crippen LogP contribution in [0.1, 0.15) is 57.6 Å². The average molecular weight is 361 g/mol. The highest BCUT2D eigenvalue weighted by atomic mass is 16.5. The predicted molar refractivity (Wildman–Crippen MR) is 110 cm³/mol. The second-order valence-corrected chi connectivity index (χ2v) is 7.23. The molecular weight excluding hydrogens is 324 g/mol. The number of unbranched alkanes of at least 4 members (excludes halogenated alkanes) is 2. The molecule has 0 aliphatic carbocycles. The summed E-state index contributed by atoms with van der Waals surface area (Å²) in [5.41, 5.74) is 1.34. The van der Waals surface area contributed by atoms with Gasteiger partial charge in [0, 0.05) is 44.9 Å². The van der Waals surface area contributed by atoms with Gasteiger partial charge in [0.25, 0.3) is 0 Å². The molecule has 3 N–H and O–H groups in total. The average Bonchev–Trinajstić information content (AvgIpc) is 2.69. The third kappa shape index (κ3) is 6.61. The van der Waals surface area contributed by atoms with Gasteiger partial charge < -0.3 is 20.7 Å². The minimum atomic E-state index is 0.0224. The van der Waals surface area contributed by atoms with Crippen LogP contribution < -0.4 is 16.0 Å². The van der Waals surface area contributed by atoms with Crippen molar-refractivity contribution in [2.75, 3.05) is 33.4 Å². The normalized spacial score (nSPS) is 18.3. The van der Waals surface area contributed by atoms with Crippen LogP contribution in [0.25, 0.3) is 0 Å². The van der Waals surface area contributed by atoms with Gasteiger partial charge >= 0.3 is 0 Å². The van der Waals surface area contributed by atoms with Crippen LogP contribution in [0.4, 0.5) is 0 Å². The summed E-state index contributed by atoms with van der Waals surface area (Å²) in [7, 11) is 1.84. The summed E-state index contributed by atoms with van der Waals surface area (Å²) < 4.78 is 5.62. The van der Waals surface area contributed by atoms with Crippen LogP contribution in [0.3, 0.4) is 0 Å². The Morgan fingerprint density at radius 3 is 2.54 bits per heavy atom. The highest BCUT2D eigenvalue weighted by Gasteiger charge is 2.34. The van der Waals surface area contributed by atoms with Crippen LogP contribution in [0.15, 0.2) is 35.3 Å². The van der Waals surface area contributed by atoms with Gasteiger partial charge in [-0.3, -0.25) is 4.99 Å². The molecule has 0 amide bonds. The van der Waals surface area contributed by atoms with E-state index < -0.39 is 0 Å². The number of nitrogens with one attached hydrogen (secondary N) is 3. The molecule has 1 atom stereocenters. The second-order valence-electron chi connectivity index (χ2n) is 7.23. The quantitative estimate of drug-likeness (QED) is 0.359. The lowest BCUT2D eigenvalue weighted by atomic mass is 9.88. The molecule has 0 radical (unpaired) electrons. The summed E-state index contributed by atoms with van der Waals surface area (Å²) in [5, 5.41) is 10.8. The van der Waals surface area contributed by atoms with E-state index in [0.717, 1.165) is 45.1 Å². The van der Waals surface area contributed by atoms with Gasteiger partial charge in [0.2, 0.25) is 0 Å². The van der Waals surface area contributed by atoms with Crippen molar-refractivity contribution in [3.05, 3.63) is 35.9 Å². The van der Waals surface area contributed by atoms with Gasteiger partial charge in [-0.2, -0.15) is 0 Å². The molecule has 1 aromatic rings. The zero-order chi connectivity index (χ0) is 18.7. The molecule has 5 heteroatoms. The van der Waals surface area contributed by atoms with E-state index in [1.165, 1.54) is 24.8 Å². The minimum absolute atomic E-state index is 0.0224. The number of ether oxygens (including phenoxy) is 1. The Labute approximate surface area is 159 Å². The third-order valence-corrected chi connectivity index (χ3v) is 5.16. The molecule has 1 aliphatic rings. The molecule has 1 unspecified atom stereocenters. The van der Waals surface area contributed by atoms with Crippen LogP contribution in [0, 0.1) is 0 Å². The Bertz CT molecular complexity index is 526. The maximum absolute atomic E-state index is 5.62. The van der Waals surface area contributed by atoms with Crippen molar-refractivity contribution in [3.8, 4) is 0 Å². The number of rotatable bonds is 9. The van der Waals surface area contributed by atoms with E-state index in [1.54, 1.807) is 0 Å². The molecule has 0 spiro atoms. The standard InChI is InChI=1S/C21H36N4O/c1-4-5-9-14-23-20(22-3)24-17-21(12-15-26-16-13-21)25-18(2)19-10-7-6-8-11-19/h6-8,10-11,18,25H,4-5,9,12-17H2,1-3H3,(H2,22,23,24). The molecule has 0 bridgehead atoms. The van der Waals surface area contributed by atoms with Gasteiger partial charge in [-0.1, -0.05) is 50.1 Å². The molecule has 1 aromatic carbocycles. The first-order valence-corrected chi connectivity index (χ1v) is 10.0. The van der Waals surface area contributed by atoms with E-state index in [2.05, 4.69) is 65.1 Å². The van der Waals surface area contributed by atoms with Crippen molar-refractivity contribution in [1.82, 2.24) is 16.0 Å².